The second-order valence-corrected chi connectivity index (χ2v) is 3.82. The zero-order chi connectivity index (χ0) is 11.3. The molecule has 0 amide bonds. The Hall–Kier alpha value is -0.770. The van der Waals surface area contributed by atoms with Crippen molar-refractivity contribution in [3.63, 3.8) is 0 Å². The monoisotopic (exact) mass is 245 g/mol. The molecule has 16 heavy (non-hydrogen) atoms. The fraction of sp³-hybridized carbons (Fsp3) is 0.500. The van der Waals surface area contributed by atoms with Gasteiger partial charge in [-0.15, -0.1) is 12.4 Å². The molecule has 0 saturated heterocycles. The van der Waals surface area contributed by atoms with Crippen molar-refractivity contribution in [2.24, 2.45) is 5.73 Å². The van der Waals surface area contributed by atoms with Crippen molar-refractivity contribution < 1.29 is 9.84 Å². The molecule has 1 aromatic carbocycles. The third kappa shape index (κ3) is 4.39. The summed E-state index contributed by atoms with van der Waals surface area (Å²) in [7, 11) is 0. The van der Waals surface area contributed by atoms with Gasteiger partial charge in [-0.1, -0.05) is 18.2 Å². The smallest absolute Gasteiger partial charge is 0.124 e. The molecule has 0 aliphatic carbocycles. The molecule has 3 nitrogen and oxygen atoms in total. The summed E-state index contributed by atoms with van der Waals surface area (Å²) >= 11 is 0. The SMILES string of the molecule is CC(C)Oc1ccccc1[C@H](N)CCO.Cl. The van der Waals surface area contributed by atoms with Crippen molar-refractivity contribution in [1.82, 2.24) is 0 Å². The number of benzene rings is 1. The topological polar surface area (TPSA) is 55.5 Å². The van der Waals surface area contributed by atoms with Gasteiger partial charge >= 0.3 is 0 Å². The van der Waals surface area contributed by atoms with Crippen molar-refractivity contribution in [2.45, 2.75) is 32.4 Å². The Morgan fingerprint density at radius 3 is 2.50 bits per heavy atom. The average Bonchev–Trinajstić information content (AvgIpc) is 2.18. The van der Waals surface area contributed by atoms with Crippen molar-refractivity contribution in [1.29, 1.82) is 0 Å². The highest BCUT2D eigenvalue weighted by atomic mass is 35.5. The molecule has 0 aliphatic heterocycles. The van der Waals surface area contributed by atoms with Crippen LogP contribution in [0.15, 0.2) is 24.3 Å². The van der Waals surface area contributed by atoms with Gasteiger partial charge in [-0.3, -0.25) is 0 Å². The maximum atomic E-state index is 8.85. The normalized spacial score (nSPS) is 12.1. The first-order chi connectivity index (χ1) is 7.15. The van der Waals surface area contributed by atoms with Crippen LogP contribution in [-0.2, 0) is 0 Å². The molecule has 92 valence electrons. The minimum absolute atomic E-state index is 0. The zero-order valence-electron chi connectivity index (χ0n) is 9.72. The average molecular weight is 246 g/mol. The lowest BCUT2D eigenvalue weighted by atomic mass is 10.0. The molecule has 0 fully saturated rings. The predicted molar refractivity (Wildman–Crippen MR) is 68.1 cm³/mol. The van der Waals surface area contributed by atoms with E-state index in [4.69, 9.17) is 15.6 Å². The molecule has 0 aliphatic rings. The van der Waals surface area contributed by atoms with Gasteiger partial charge in [0.2, 0.25) is 0 Å². The fourth-order valence-electron chi connectivity index (χ4n) is 1.44. The Kier molecular flexibility index (Phi) is 7.13. The molecule has 0 radical (unpaired) electrons. The van der Waals surface area contributed by atoms with Gasteiger partial charge in [0.15, 0.2) is 0 Å². The van der Waals surface area contributed by atoms with E-state index in [1.807, 2.05) is 38.1 Å². The number of halogens is 1. The molecule has 0 saturated carbocycles. The predicted octanol–water partition coefficient (Wildman–Crippen LogP) is 2.28. The quantitative estimate of drug-likeness (QED) is 0.837. The number of hydrogen-bond acceptors (Lipinski definition) is 3. The highest BCUT2D eigenvalue weighted by molar-refractivity contribution is 5.85. The van der Waals surface area contributed by atoms with Crippen LogP contribution in [0.3, 0.4) is 0 Å². The highest BCUT2D eigenvalue weighted by Gasteiger charge is 2.11. The molecule has 0 spiro atoms. The van der Waals surface area contributed by atoms with E-state index < -0.39 is 0 Å². The first-order valence-electron chi connectivity index (χ1n) is 5.27. The Morgan fingerprint density at radius 1 is 1.31 bits per heavy atom. The van der Waals surface area contributed by atoms with E-state index in [2.05, 4.69) is 0 Å². The number of aliphatic hydroxyl groups is 1. The van der Waals surface area contributed by atoms with Crippen LogP contribution in [0.5, 0.6) is 5.75 Å². The highest BCUT2D eigenvalue weighted by Crippen LogP contribution is 2.26. The van der Waals surface area contributed by atoms with Gasteiger partial charge in [0.05, 0.1) is 6.10 Å². The van der Waals surface area contributed by atoms with Crippen molar-refractivity contribution in [3.05, 3.63) is 29.8 Å². The first kappa shape index (κ1) is 15.2. The van der Waals surface area contributed by atoms with Crippen molar-refractivity contribution >= 4 is 12.4 Å². The molecule has 0 aromatic heterocycles. The summed E-state index contributed by atoms with van der Waals surface area (Å²) in [6.07, 6.45) is 0.686. The Balaban J connectivity index is 0.00000225. The van der Waals surface area contributed by atoms with E-state index in [9.17, 15) is 0 Å². The van der Waals surface area contributed by atoms with Gasteiger partial charge in [-0.2, -0.15) is 0 Å². The molecular weight excluding hydrogens is 226 g/mol. The van der Waals surface area contributed by atoms with Gasteiger partial charge in [0, 0.05) is 18.2 Å². The van der Waals surface area contributed by atoms with Crippen molar-refractivity contribution in [3.8, 4) is 5.75 Å². The van der Waals surface area contributed by atoms with E-state index in [1.165, 1.54) is 0 Å². The van der Waals surface area contributed by atoms with Gasteiger partial charge in [-0.05, 0) is 26.3 Å². The van der Waals surface area contributed by atoms with Gasteiger partial charge in [-0.25, -0.2) is 0 Å². The molecule has 1 atom stereocenters. The second kappa shape index (κ2) is 7.49. The number of nitrogens with two attached hydrogens (primary N) is 1. The summed E-state index contributed by atoms with van der Waals surface area (Å²) in [6.45, 7) is 4.06. The van der Waals surface area contributed by atoms with E-state index in [-0.39, 0.29) is 31.2 Å². The summed E-state index contributed by atoms with van der Waals surface area (Å²) in [5.74, 6) is 0.813. The standard InChI is InChI=1S/C12H19NO2.ClH/c1-9(2)15-12-6-4-3-5-10(12)11(13)7-8-14;/h3-6,9,11,14H,7-8,13H2,1-2H3;1H/t11-;/m1./s1. The van der Waals surface area contributed by atoms with E-state index >= 15 is 0 Å². The van der Waals surface area contributed by atoms with Crippen LogP contribution in [0.4, 0.5) is 0 Å². The van der Waals surface area contributed by atoms with Crippen LogP contribution in [0, 0.1) is 0 Å². The largest absolute Gasteiger partial charge is 0.491 e. The molecule has 3 N–H and O–H groups in total. The molecule has 1 rings (SSSR count). The number of hydrogen-bond donors (Lipinski definition) is 2. The molecule has 4 heteroatoms. The minimum Gasteiger partial charge on any atom is -0.491 e. The van der Waals surface area contributed by atoms with Gasteiger partial charge in [0.25, 0.3) is 0 Å². The maximum absolute atomic E-state index is 8.85. The van der Waals surface area contributed by atoms with E-state index in [0.717, 1.165) is 11.3 Å². The number of rotatable bonds is 5. The van der Waals surface area contributed by atoms with Crippen LogP contribution in [0.2, 0.25) is 0 Å². The van der Waals surface area contributed by atoms with Crippen LogP contribution < -0.4 is 10.5 Å². The lowest BCUT2D eigenvalue weighted by Gasteiger charge is -2.17. The van der Waals surface area contributed by atoms with Gasteiger partial charge in [0.1, 0.15) is 5.75 Å². The third-order valence-electron chi connectivity index (χ3n) is 2.12. The van der Waals surface area contributed by atoms with Crippen LogP contribution >= 0.6 is 12.4 Å². The lowest BCUT2D eigenvalue weighted by molar-refractivity contribution is 0.235. The Labute approximate surface area is 103 Å². The van der Waals surface area contributed by atoms with E-state index in [0.29, 0.717) is 6.42 Å². The molecule has 1 aromatic rings. The van der Waals surface area contributed by atoms with Crippen molar-refractivity contribution in [2.75, 3.05) is 6.61 Å². The third-order valence-corrected chi connectivity index (χ3v) is 2.12. The van der Waals surface area contributed by atoms with Crippen LogP contribution in [0.1, 0.15) is 31.9 Å². The molecule has 0 bridgehead atoms. The summed E-state index contributed by atoms with van der Waals surface area (Å²) in [5, 5.41) is 8.85. The summed E-state index contributed by atoms with van der Waals surface area (Å²) in [6, 6.07) is 7.54. The van der Waals surface area contributed by atoms with E-state index in [1.54, 1.807) is 0 Å². The van der Waals surface area contributed by atoms with Crippen LogP contribution in [-0.4, -0.2) is 17.8 Å². The zero-order valence-corrected chi connectivity index (χ0v) is 10.5. The number of para-hydroxylation sites is 1. The number of ether oxygens (including phenoxy) is 1. The summed E-state index contributed by atoms with van der Waals surface area (Å²) in [5.41, 5.74) is 6.90. The lowest BCUT2D eigenvalue weighted by Crippen LogP contribution is -2.15. The van der Waals surface area contributed by atoms with Gasteiger partial charge < -0.3 is 15.6 Å². The summed E-state index contributed by atoms with van der Waals surface area (Å²) < 4.78 is 5.65. The number of aliphatic hydroxyl groups excluding tert-OH is 1. The molecule has 0 heterocycles. The second-order valence-electron chi connectivity index (χ2n) is 3.82. The molecule has 0 unspecified atom stereocenters. The Morgan fingerprint density at radius 2 is 1.94 bits per heavy atom. The fourth-order valence-corrected chi connectivity index (χ4v) is 1.44. The summed E-state index contributed by atoms with van der Waals surface area (Å²) in [4.78, 5) is 0. The first-order valence-corrected chi connectivity index (χ1v) is 5.27. The molecular formula is C12H20ClNO2. The maximum Gasteiger partial charge on any atom is 0.124 e. The minimum atomic E-state index is -0.162. The Bertz CT molecular complexity index is 305. The van der Waals surface area contributed by atoms with Crippen LogP contribution in [0.25, 0.3) is 0 Å².